The van der Waals surface area contributed by atoms with Gasteiger partial charge in [-0.3, -0.25) is 0 Å². The summed E-state index contributed by atoms with van der Waals surface area (Å²) in [6.45, 7) is 0. The van der Waals surface area contributed by atoms with Crippen molar-refractivity contribution in [1.82, 2.24) is 0 Å². The number of hydrogen-bond donors (Lipinski definition) is 0. The van der Waals surface area contributed by atoms with Crippen LogP contribution in [0.15, 0.2) is 75.7 Å². The van der Waals surface area contributed by atoms with Crippen molar-refractivity contribution in [3.63, 3.8) is 0 Å². The average molecular weight is 511 g/mol. The summed E-state index contributed by atoms with van der Waals surface area (Å²) < 4.78 is 11.9. The van der Waals surface area contributed by atoms with Gasteiger partial charge in [0.1, 0.15) is 11.5 Å². The zero-order valence-electron chi connectivity index (χ0n) is 13.6. The number of ether oxygens (including phenoxy) is 2. The van der Waals surface area contributed by atoms with E-state index in [4.69, 9.17) is 21.1 Å². The molecule has 3 aromatic carbocycles. The molecule has 3 aromatic rings. The van der Waals surface area contributed by atoms with Crippen LogP contribution in [0.1, 0.15) is 20.7 Å². The molecule has 0 bridgehead atoms. The third-order valence-corrected chi connectivity index (χ3v) is 5.18. The lowest BCUT2D eigenvalue weighted by Crippen LogP contribution is -2.10. The van der Waals surface area contributed by atoms with Crippen molar-refractivity contribution in [2.24, 2.45) is 0 Å². The first kappa shape index (κ1) is 19.6. The van der Waals surface area contributed by atoms with E-state index in [1.807, 2.05) is 0 Å². The zero-order chi connectivity index (χ0) is 19.4. The van der Waals surface area contributed by atoms with Gasteiger partial charge in [0.15, 0.2) is 0 Å². The molecule has 27 heavy (non-hydrogen) atoms. The Morgan fingerprint density at radius 2 is 1.26 bits per heavy atom. The van der Waals surface area contributed by atoms with Crippen LogP contribution >= 0.6 is 43.5 Å². The maximum atomic E-state index is 12.3. The molecule has 0 aliphatic carbocycles. The van der Waals surface area contributed by atoms with E-state index in [0.717, 1.165) is 0 Å². The summed E-state index contributed by atoms with van der Waals surface area (Å²) in [5.41, 5.74) is 0.760. The van der Waals surface area contributed by atoms with Crippen molar-refractivity contribution in [3.8, 4) is 11.5 Å². The third kappa shape index (κ3) is 4.77. The lowest BCUT2D eigenvalue weighted by molar-refractivity contribution is 0.0718. The molecule has 0 spiro atoms. The van der Waals surface area contributed by atoms with Crippen molar-refractivity contribution < 1.29 is 19.1 Å². The van der Waals surface area contributed by atoms with Crippen molar-refractivity contribution in [2.45, 2.75) is 0 Å². The SMILES string of the molecule is O=C(Oc1ccc(OC(=O)c2ccccc2Br)c(Cl)c1)c1ccccc1Br. The van der Waals surface area contributed by atoms with Crippen LogP contribution in [0.2, 0.25) is 5.02 Å². The molecule has 0 N–H and O–H groups in total. The van der Waals surface area contributed by atoms with E-state index < -0.39 is 11.9 Å². The fourth-order valence-electron chi connectivity index (χ4n) is 2.20. The summed E-state index contributed by atoms with van der Waals surface area (Å²) in [6, 6.07) is 18.2. The van der Waals surface area contributed by atoms with Crippen LogP contribution in [0.25, 0.3) is 0 Å². The summed E-state index contributed by atoms with van der Waals surface area (Å²) in [5.74, 6) is -0.682. The highest BCUT2D eigenvalue weighted by atomic mass is 79.9. The Kier molecular flexibility index (Phi) is 6.31. The van der Waals surface area contributed by atoms with Crippen molar-refractivity contribution in [2.75, 3.05) is 0 Å². The number of rotatable bonds is 4. The van der Waals surface area contributed by atoms with E-state index in [1.165, 1.54) is 18.2 Å². The number of hydrogen-bond acceptors (Lipinski definition) is 4. The fraction of sp³-hybridized carbons (Fsp3) is 0. The van der Waals surface area contributed by atoms with Crippen LogP contribution < -0.4 is 9.47 Å². The summed E-state index contributed by atoms with van der Waals surface area (Å²) in [6.07, 6.45) is 0. The highest BCUT2D eigenvalue weighted by Gasteiger charge is 2.16. The first-order valence-electron chi connectivity index (χ1n) is 7.68. The fourth-order valence-corrected chi connectivity index (χ4v) is 3.30. The normalized spacial score (nSPS) is 10.3. The monoisotopic (exact) mass is 508 g/mol. The summed E-state index contributed by atoms with van der Waals surface area (Å²) in [4.78, 5) is 24.5. The van der Waals surface area contributed by atoms with Crippen LogP contribution in [-0.4, -0.2) is 11.9 Å². The summed E-state index contributed by atoms with van der Waals surface area (Å²) >= 11 is 12.8. The third-order valence-electron chi connectivity index (χ3n) is 3.50. The van der Waals surface area contributed by atoms with Crippen molar-refractivity contribution in [1.29, 1.82) is 0 Å². The molecule has 0 heterocycles. The van der Waals surface area contributed by atoms with Gasteiger partial charge in [0.05, 0.1) is 16.1 Å². The van der Waals surface area contributed by atoms with Crippen LogP contribution in [0.5, 0.6) is 11.5 Å². The lowest BCUT2D eigenvalue weighted by Gasteiger charge is -2.10. The molecule has 0 unspecified atom stereocenters. The van der Waals surface area contributed by atoms with Gasteiger partial charge in [-0.2, -0.15) is 0 Å². The molecule has 0 fully saturated rings. The second-order valence-electron chi connectivity index (χ2n) is 5.33. The maximum Gasteiger partial charge on any atom is 0.344 e. The molecule has 0 radical (unpaired) electrons. The Labute approximate surface area is 177 Å². The average Bonchev–Trinajstić information content (AvgIpc) is 2.64. The standard InChI is InChI=1S/C20H11Br2ClO4/c21-15-7-3-1-5-13(15)19(24)26-12-9-10-18(17(23)11-12)27-20(25)14-6-2-4-8-16(14)22/h1-11H. The minimum Gasteiger partial charge on any atom is -0.423 e. The Balaban J connectivity index is 1.74. The molecule has 3 rings (SSSR count). The lowest BCUT2D eigenvalue weighted by atomic mass is 10.2. The molecule has 7 heteroatoms. The van der Waals surface area contributed by atoms with Crippen molar-refractivity contribution in [3.05, 3.63) is 91.8 Å². The second-order valence-corrected chi connectivity index (χ2v) is 7.45. The van der Waals surface area contributed by atoms with Crippen LogP contribution in [0.3, 0.4) is 0 Å². The predicted molar refractivity (Wildman–Crippen MR) is 110 cm³/mol. The molecule has 0 saturated heterocycles. The molecule has 136 valence electrons. The predicted octanol–water partition coefficient (Wildman–Crippen LogP) is 6.30. The van der Waals surface area contributed by atoms with Gasteiger partial charge < -0.3 is 9.47 Å². The van der Waals surface area contributed by atoms with E-state index in [2.05, 4.69) is 31.9 Å². The van der Waals surface area contributed by atoms with Gasteiger partial charge in [-0.05, 0) is 68.3 Å². The first-order valence-corrected chi connectivity index (χ1v) is 9.65. The van der Waals surface area contributed by atoms with E-state index in [-0.39, 0.29) is 16.5 Å². The number of carbonyl (C=O) groups excluding carboxylic acids is 2. The quantitative estimate of drug-likeness (QED) is 0.305. The first-order chi connectivity index (χ1) is 13.0. The van der Waals surface area contributed by atoms with E-state index in [1.54, 1.807) is 48.5 Å². The molecule has 0 amide bonds. The summed E-state index contributed by atoms with van der Waals surface area (Å²) in [5, 5.41) is 0.146. The molecular formula is C20H11Br2ClO4. The van der Waals surface area contributed by atoms with Crippen molar-refractivity contribution >= 4 is 55.4 Å². The number of esters is 2. The Bertz CT molecular complexity index is 1020. The largest absolute Gasteiger partial charge is 0.423 e. The highest BCUT2D eigenvalue weighted by Crippen LogP contribution is 2.31. The van der Waals surface area contributed by atoms with Crippen LogP contribution in [-0.2, 0) is 0 Å². The molecule has 0 aliphatic rings. The molecule has 0 aliphatic heterocycles. The Morgan fingerprint density at radius 3 is 1.78 bits per heavy atom. The minimum absolute atomic E-state index is 0.146. The topological polar surface area (TPSA) is 52.6 Å². The minimum atomic E-state index is -0.553. The van der Waals surface area contributed by atoms with E-state index in [9.17, 15) is 9.59 Å². The van der Waals surface area contributed by atoms with E-state index in [0.29, 0.717) is 20.1 Å². The number of benzene rings is 3. The number of carbonyl (C=O) groups is 2. The second kappa shape index (κ2) is 8.69. The molecule has 0 saturated carbocycles. The van der Waals surface area contributed by atoms with Crippen LogP contribution in [0, 0.1) is 0 Å². The number of halogens is 3. The summed E-state index contributed by atoms with van der Waals surface area (Å²) in [7, 11) is 0. The van der Waals surface area contributed by atoms with Gasteiger partial charge in [0.2, 0.25) is 0 Å². The molecule has 0 aromatic heterocycles. The van der Waals surface area contributed by atoms with Gasteiger partial charge in [-0.15, -0.1) is 0 Å². The van der Waals surface area contributed by atoms with Gasteiger partial charge in [-0.1, -0.05) is 35.9 Å². The van der Waals surface area contributed by atoms with E-state index >= 15 is 0 Å². The smallest absolute Gasteiger partial charge is 0.344 e. The Hall–Kier alpha value is -2.15. The highest BCUT2D eigenvalue weighted by molar-refractivity contribution is 9.10. The molecule has 4 nitrogen and oxygen atoms in total. The van der Waals surface area contributed by atoms with Crippen LogP contribution in [0.4, 0.5) is 0 Å². The molecule has 0 atom stereocenters. The maximum absolute atomic E-state index is 12.3. The molecular weight excluding hydrogens is 499 g/mol. The van der Waals surface area contributed by atoms with Gasteiger partial charge in [0, 0.05) is 15.0 Å². The Morgan fingerprint density at radius 1 is 0.741 bits per heavy atom. The van der Waals surface area contributed by atoms with Gasteiger partial charge >= 0.3 is 11.9 Å². The zero-order valence-corrected chi connectivity index (χ0v) is 17.5. The van der Waals surface area contributed by atoms with Gasteiger partial charge in [-0.25, -0.2) is 9.59 Å². The van der Waals surface area contributed by atoms with Gasteiger partial charge in [0.25, 0.3) is 0 Å².